The minimum atomic E-state index is -0.598. The fraction of sp³-hybridized carbons (Fsp3) is 0.364. The predicted molar refractivity (Wildman–Crippen MR) is 52.7 cm³/mol. The van der Waals surface area contributed by atoms with Crippen molar-refractivity contribution in [3.8, 4) is 6.07 Å². The van der Waals surface area contributed by atoms with Crippen molar-refractivity contribution in [2.75, 3.05) is 0 Å². The summed E-state index contributed by atoms with van der Waals surface area (Å²) in [5.74, 6) is -0.314. The second-order valence-electron chi connectivity index (χ2n) is 3.72. The van der Waals surface area contributed by atoms with Gasteiger partial charge in [0.15, 0.2) is 0 Å². The third-order valence-corrected chi connectivity index (χ3v) is 3.20. The van der Waals surface area contributed by atoms with E-state index < -0.39 is 5.41 Å². The first kappa shape index (κ1) is 9.48. The summed E-state index contributed by atoms with van der Waals surface area (Å²) in [5.41, 5.74) is 0.595. The third-order valence-electron chi connectivity index (χ3n) is 2.79. The van der Waals surface area contributed by atoms with Crippen LogP contribution in [0.3, 0.4) is 0 Å². The number of rotatable bonds is 1. The van der Waals surface area contributed by atoms with Gasteiger partial charge in [0.2, 0.25) is 0 Å². The molecule has 0 aliphatic heterocycles. The summed E-state index contributed by atoms with van der Waals surface area (Å²) < 4.78 is 13.5. The van der Waals surface area contributed by atoms with Gasteiger partial charge < -0.3 is 0 Å². The van der Waals surface area contributed by atoms with E-state index in [1.165, 1.54) is 12.1 Å². The van der Waals surface area contributed by atoms with Gasteiger partial charge in [-0.25, -0.2) is 4.39 Å². The molecule has 0 radical (unpaired) electrons. The van der Waals surface area contributed by atoms with Crippen LogP contribution < -0.4 is 0 Å². The Morgan fingerprint density at radius 3 is 2.64 bits per heavy atom. The fourth-order valence-corrected chi connectivity index (χ4v) is 1.94. The highest BCUT2D eigenvalue weighted by atomic mass is 35.5. The molecule has 1 aliphatic rings. The maximum Gasteiger partial charge on any atom is 0.128 e. The monoisotopic (exact) mass is 209 g/mol. The Bertz CT molecular complexity index is 430. The molecule has 0 saturated heterocycles. The zero-order valence-electron chi connectivity index (χ0n) is 7.77. The number of nitriles is 1. The molecule has 1 saturated carbocycles. The lowest BCUT2D eigenvalue weighted by molar-refractivity contribution is 0.597. The van der Waals surface area contributed by atoms with Gasteiger partial charge in [0.1, 0.15) is 5.82 Å². The van der Waals surface area contributed by atoms with Crippen molar-refractivity contribution in [3.63, 3.8) is 0 Å². The maximum atomic E-state index is 13.5. The van der Waals surface area contributed by atoms with Gasteiger partial charge >= 0.3 is 0 Å². The van der Waals surface area contributed by atoms with Crippen molar-refractivity contribution < 1.29 is 4.39 Å². The molecule has 72 valence electrons. The number of halogens is 2. The van der Waals surface area contributed by atoms with Gasteiger partial charge in [0.25, 0.3) is 0 Å². The Kier molecular flexibility index (Phi) is 2.01. The molecular weight excluding hydrogens is 201 g/mol. The first-order chi connectivity index (χ1) is 6.60. The van der Waals surface area contributed by atoms with E-state index in [9.17, 15) is 4.39 Å². The van der Waals surface area contributed by atoms with E-state index >= 15 is 0 Å². The van der Waals surface area contributed by atoms with E-state index in [4.69, 9.17) is 16.9 Å². The average molecular weight is 210 g/mol. The topological polar surface area (TPSA) is 23.8 Å². The number of hydrogen-bond acceptors (Lipinski definition) is 1. The van der Waals surface area contributed by atoms with E-state index in [0.717, 1.165) is 12.8 Å². The van der Waals surface area contributed by atoms with Gasteiger partial charge in [-0.1, -0.05) is 11.6 Å². The minimum absolute atomic E-state index is 0.314. The highest BCUT2D eigenvalue weighted by Crippen LogP contribution is 2.50. The van der Waals surface area contributed by atoms with Crippen LogP contribution in [-0.2, 0) is 5.41 Å². The van der Waals surface area contributed by atoms with E-state index in [1.54, 1.807) is 6.92 Å². The van der Waals surface area contributed by atoms with Crippen molar-refractivity contribution in [1.82, 2.24) is 0 Å². The quantitative estimate of drug-likeness (QED) is 0.696. The highest BCUT2D eigenvalue weighted by Gasteiger charge is 2.47. The van der Waals surface area contributed by atoms with Crippen LogP contribution >= 0.6 is 11.6 Å². The summed E-state index contributed by atoms with van der Waals surface area (Å²) in [7, 11) is 0. The molecule has 0 heterocycles. The highest BCUT2D eigenvalue weighted by molar-refractivity contribution is 6.31. The summed E-state index contributed by atoms with van der Waals surface area (Å²) in [6.45, 7) is 1.76. The smallest absolute Gasteiger partial charge is 0.128 e. The number of nitrogens with zero attached hydrogens (tertiary/aromatic N) is 1. The molecule has 1 aromatic carbocycles. The lowest BCUT2D eigenvalue weighted by atomic mass is 9.93. The van der Waals surface area contributed by atoms with Crippen LogP contribution in [0.4, 0.5) is 4.39 Å². The maximum absolute atomic E-state index is 13.5. The molecule has 1 nitrogen and oxygen atoms in total. The Hall–Kier alpha value is -1.07. The van der Waals surface area contributed by atoms with Crippen molar-refractivity contribution in [3.05, 3.63) is 34.1 Å². The molecule has 1 aromatic rings. The summed E-state index contributed by atoms with van der Waals surface area (Å²) >= 11 is 5.90. The van der Waals surface area contributed by atoms with Crippen molar-refractivity contribution in [1.29, 1.82) is 5.26 Å². The van der Waals surface area contributed by atoms with Gasteiger partial charge in [-0.15, -0.1) is 0 Å². The molecule has 0 unspecified atom stereocenters. The van der Waals surface area contributed by atoms with Crippen LogP contribution in [0.1, 0.15) is 24.0 Å². The van der Waals surface area contributed by atoms with Crippen LogP contribution in [0, 0.1) is 24.1 Å². The standard InChI is InChI=1S/C11H9ClFN/c1-7-8(12)2-3-9(13)10(7)11(6-14)4-5-11/h2-3H,4-5H2,1H3. The molecule has 1 aliphatic carbocycles. The Morgan fingerprint density at radius 1 is 1.50 bits per heavy atom. The Morgan fingerprint density at radius 2 is 2.14 bits per heavy atom. The van der Waals surface area contributed by atoms with Crippen LogP contribution in [0.2, 0.25) is 5.02 Å². The van der Waals surface area contributed by atoms with Crippen LogP contribution in [0.15, 0.2) is 12.1 Å². The molecule has 0 atom stereocenters. The molecule has 0 amide bonds. The summed E-state index contributed by atoms with van der Waals surface area (Å²) in [6.07, 6.45) is 1.48. The SMILES string of the molecule is Cc1c(Cl)ccc(F)c1C1(C#N)CC1. The van der Waals surface area contributed by atoms with Crippen LogP contribution in [0.25, 0.3) is 0 Å². The Labute approximate surface area is 87.1 Å². The van der Waals surface area contributed by atoms with Crippen molar-refractivity contribution in [2.24, 2.45) is 0 Å². The largest absolute Gasteiger partial charge is 0.207 e. The Balaban J connectivity index is 2.64. The molecular formula is C11H9ClFN. The first-order valence-corrected chi connectivity index (χ1v) is 4.85. The van der Waals surface area contributed by atoms with E-state index in [-0.39, 0.29) is 5.82 Å². The molecule has 0 N–H and O–H groups in total. The zero-order valence-corrected chi connectivity index (χ0v) is 8.53. The molecule has 0 spiro atoms. The fourth-order valence-electron chi connectivity index (χ4n) is 1.78. The molecule has 2 rings (SSSR count). The third kappa shape index (κ3) is 1.20. The number of benzene rings is 1. The first-order valence-electron chi connectivity index (χ1n) is 4.47. The lowest BCUT2D eigenvalue weighted by Gasteiger charge is -2.12. The van der Waals surface area contributed by atoms with Crippen LogP contribution in [-0.4, -0.2) is 0 Å². The summed E-state index contributed by atoms with van der Waals surface area (Å²) in [4.78, 5) is 0. The van der Waals surface area contributed by atoms with E-state index in [1.807, 2.05) is 0 Å². The van der Waals surface area contributed by atoms with Gasteiger partial charge in [-0.2, -0.15) is 5.26 Å². The van der Waals surface area contributed by atoms with Crippen LogP contribution in [0.5, 0.6) is 0 Å². The van der Waals surface area contributed by atoms with Gasteiger partial charge in [-0.05, 0) is 37.5 Å². The zero-order chi connectivity index (χ0) is 10.3. The molecule has 0 aromatic heterocycles. The average Bonchev–Trinajstić information content (AvgIpc) is 2.93. The summed E-state index contributed by atoms with van der Waals surface area (Å²) in [5, 5.41) is 9.52. The molecule has 1 fully saturated rings. The molecule has 14 heavy (non-hydrogen) atoms. The summed E-state index contributed by atoms with van der Waals surface area (Å²) in [6, 6.07) is 5.05. The van der Waals surface area contributed by atoms with Gasteiger partial charge in [-0.3, -0.25) is 0 Å². The predicted octanol–water partition coefficient (Wildman–Crippen LogP) is 3.34. The van der Waals surface area contributed by atoms with Crippen molar-refractivity contribution >= 4 is 11.6 Å². The van der Waals surface area contributed by atoms with E-state index in [2.05, 4.69) is 6.07 Å². The second kappa shape index (κ2) is 2.96. The molecule has 0 bridgehead atoms. The van der Waals surface area contributed by atoms with Gasteiger partial charge in [0.05, 0.1) is 11.5 Å². The minimum Gasteiger partial charge on any atom is -0.207 e. The van der Waals surface area contributed by atoms with Crippen molar-refractivity contribution in [2.45, 2.75) is 25.2 Å². The molecule has 3 heteroatoms. The number of hydrogen-bond donors (Lipinski definition) is 0. The normalized spacial score (nSPS) is 17.6. The van der Waals surface area contributed by atoms with E-state index in [0.29, 0.717) is 16.1 Å². The van der Waals surface area contributed by atoms with Gasteiger partial charge in [0, 0.05) is 10.6 Å². The lowest BCUT2D eigenvalue weighted by Crippen LogP contribution is -2.08. The second-order valence-corrected chi connectivity index (χ2v) is 4.13.